The first-order chi connectivity index (χ1) is 12.7. The van der Waals surface area contributed by atoms with Crippen LogP contribution in [0.5, 0.6) is 5.75 Å². The summed E-state index contributed by atoms with van der Waals surface area (Å²) in [5, 5.41) is 13.7. The first-order valence-corrected chi connectivity index (χ1v) is 9.40. The van der Waals surface area contributed by atoms with Crippen LogP contribution in [0.4, 0.5) is 0 Å². The van der Waals surface area contributed by atoms with Crippen LogP contribution in [-0.4, -0.2) is 25.7 Å². The Morgan fingerprint density at radius 3 is 3.00 bits per heavy atom. The third-order valence-electron chi connectivity index (χ3n) is 4.26. The highest BCUT2D eigenvalue weighted by Gasteiger charge is 2.18. The van der Waals surface area contributed by atoms with Crippen molar-refractivity contribution < 1.29 is 9.53 Å². The van der Waals surface area contributed by atoms with E-state index in [0.29, 0.717) is 18.8 Å². The number of benzene rings is 1. The molecule has 4 rings (SSSR count). The van der Waals surface area contributed by atoms with Crippen LogP contribution in [0.15, 0.2) is 29.6 Å². The maximum atomic E-state index is 12.3. The zero-order chi connectivity index (χ0) is 17.9. The topological polar surface area (TPSA) is 81.9 Å². The van der Waals surface area contributed by atoms with E-state index in [4.69, 9.17) is 4.74 Å². The number of hydrogen-bond donors (Lipinski definition) is 1. The summed E-state index contributed by atoms with van der Waals surface area (Å²) in [6, 6.07) is 7.84. The van der Waals surface area contributed by atoms with Gasteiger partial charge in [0.1, 0.15) is 28.9 Å². The highest BCUT2D eigenvalue weighted by atomic mass is 32.1. The van der Waals surface area contributed by atoms with E-state index in [1.54, 1.807) is 5.38 Å². The summed E-state index contributed by atoms with van der Waals surface area (Å²) in [5.74, 6) is 2.37. The van der Waals surface area contributed by atoms with E-state index >= 15 is 0 Å². The van der Waals surface area contributed by atoms with Gasteiger partial charge in [0.05, 0.1) is 6.54 Å². The van der Waals surface area contributed by atoms with E-state index in [1.165, 1.54) is 16.9 Å². The van der Waals surface area contributed by atoms with Gasteiger partial charge in [0.25, 0.3) is 5.91 Å². The molecule has 1 N–H and O–H groups in total. The van der Waals surface area contributed by atoms with Gasteiger partial charge in [0, 0.05) is 18.3 Å². The minimum absolute atomic E-state index is 0.210. The number of carbonyl (C=O) groups excluding carboxylic acids is 1. The van der Waals surface area contributed by atoms with Gasteiger partial charge in [0.2, 0.25) is 0 Å². The Kier molecular flexibility index (Phi) is 4.66. The second-order valence-electron chi connectivity index (χ2n) is 6.20. The number of fused-ring (bicyclic) bond motifs is 1. The smallest absolute Gasteiger partial charge is 0.271 e. The number of ether oxygens (including phenoxy) is 1. The van der Waals surface area contributed by atoms with Gasteiger partial charge in [-0.25, -0.2) is 4.98 Å². The normalized spacial score (nSPS) is 12.8. The van der Waals surface area contributed by atoms with Gasteiger partial charge in [-0.15, -0.1) is 21.5 Å². The first kappa shape index (κ1) is 16.7. The molecule has 0 radical (unpaired) electrons. The molecule has 3 heterocycles. The molecule has 1 aliphatic heterocycles. The van der Waals surface area contributed by atoms with Crippen LogP contribution in [0.1, 0.15) is 39.1 Å². The summed E-state index contributed by atoms with van der Waals surface area (Å²) in [7, 11) is 0. The van der Waals surface area contributed by atoms with E-state index in [0.717, 1.165) is 41.8 Å². The maximum Gasteiger partial charge on any atom is 0.271 e. The molecule has 1 aliphatic rings. The Bertz CT molecular complexity index is 916. The largest absolute Gasteiger partial charge is 0.486 e. The van der Waals surface area contributed by atoms with Crippen LogP contribution in [0.25, 0.3) is 0 Å². The molecule has 0 aliphatic carbocycles. The Morgan fingerprint density at radius 2 is 2.15 bits per heavy atom. The van der Waals surface area contributed by atoms with Crippen molar-refractivity contribution in [3.8, 4) is 5.75 Å². The zero-order valence-corrected chi connectivity index (χ0v) is 15.3. The third kappa shape index (κ3) is 3.60. The second kappa shape index (κ2) is 7.25. The molecule has 1 aromatic carbocycles. The summed E-state index contributed by atoms with van der Waals surface area (Å²) in [4.78, 5) is 16.7. The van der Waals surface area contributed by atoms with Crippen molar-refractivity contribution in [1.29, 1.82) is 0 Å². The summed E-state index contributed by atoms with van der Waals surface area (Å²) in [6.45, 7) is 3.66. The Balaban J connectivity index is 1.32. The van der Waals surface area contributed by atoms with Crippen LogP contribution in [0.3, 0.4) is 0 Å². The van der Waals surface area contributed by atoms with E-state index < -0.39 is 0 Å². The Hall–Kier alpha value is -2.74. The molecule has 0 fully saturated rings. The number of rotatable bonds is 6. The standard InChI is InChI=1S/C18H19N5O2S/c1-12-4-6-13(7-5-12)25-10-17-20-14(11-26-17)18(24)19-9-16-22-21-15-3-2-8-23(15)16/h4-7,11H,2-3,8-10H2,1H3,(H,19,24). The van der Waals surface area contributed by atoms with Gasteiger partial charge in [0.15, 0.2) is 5.82 Å². The van der Waals surface area contributed by atoms with Gasteiger partial charge in [-0.05, 0) is 25.5 Å². The highest BCUT2D eigenvalue weighted by molar-refractivity contribution is 7.09. The molecule has 7 nitrogen and oxygen atoms in total. The van der Waals surface area contributed by atoms with Gasteiger partial charge in [-0.2, -0.15) is 0 Å². The number of thiazole rings is 1. The SMILES string of the molecule is Cc1ccc(OCc2nc(C(=O)NCc3nnc4n3CCC4)cs2)cc1. The molecule has 8 heteroatoms. The molecule has 0 atom stereocenters. The predicted molar refractivity (Wildman–Crippen MR) is 97.1 cm³/mol. The Labute approximate surface area is 155 Å². The van der Waals surface area contributed by atoms with E-state index in [9.17, 15) is 4.79 Å². The fourth-order valence-electron chi connectivity index (χ4n) is 2.85. The third-order valence-corrected chi connectivity index (χ3v) is 5.08. The molecule has 0 unspecified atom stereocenters. The molecule has 26 heavy (non-hydrogen) atoms. The predicted octanol–water partition coefficient (Wildman–Crippen LogP) is 2.50. The number of nitrogens with zero attached hydrogens (tertiary/aromatic N) is 4. The van der Waals surface area contributed by atoms with Crippen LogP contribution >= 0.6 is 11.3 Å². The van der Waals surface area contributed by atoms with Gasteiger partial charge >= 0.3 is 0 Å². The Morgan fingerprint density at radius 1 is 1.31 bits per heavy atom. The summed E-state index contributed by atoms with van der Waals surface area (Å²) >= 11 is 1.41. The highest BCUT2D eigenvalue weighted by Crippen LogP contribution is 2.17. The molecule has 134 valence electrons. The minimum Gasteiger partial charge on any atom is -0.486 e. The fourth-order valence-corrected chi connectivity index (χ4v) is 3.54. The monoisotopic (exact) mass is 369 g/mol. The lowest BCUT2D eigenvalue weighted by Gasteiger charge is -2.05. The number of carbonyl (C=O) groups is 1. The van der Waals surface area contributed by atoms with Crippen molar-refractivity contribution in [3.05, 3.63) is 57.6 Å². The number of aromatic nitrogens is 4. The molecule has 0 saturated carbocycles. The molecular formula is C18H19N5O2S. The van der Waals surface area contributed by atoms with E-state index in [1.807, 2.05) is 31.2 Å². The fraction of sp³-hybridized carbons (Fsp3) is 0.333. The van der Waals surface area contributed by atoms with Crippen LogP contribution in [0.2, 0.25) is 0 Å². The van der Waals surface area contributed by atoms with Gasteiger partial charge in [-0.3, -0.25) is 4.79 Å². The van der Waals surface area contributed by atoms with Crippen molar-refractivity contribution in [2.75, 3.05) is 0 Å². The van der Waals surface area contributed by atoms with Crippen LogP contribution in [-0.2, 0) is 26.1 Å². The lowest BCUT2D eigenvalue weighted by molar-refractivity contribution is 0.0945. The van der Waals surface area contributed by atoms with Gasteiger partial charge < -0.3 is 14.6 Å². The van der Waals surface area contributed by atoms with Crippen molar-refractivity contribution in [3.63, 3.8) is 0 Å². The van der Waals surface area contributed by atoms with Crippen LogP contribution < -0.4 is 10.1 Å². The zero-order valence-electron chi connectivity index (χ0n) is 14.4. The summed E-state index contributed by atoms with van der Waals surface area (Å²) < 4.78 is 7.78. The molecule has 0 saturated heterocycles. The van der Waals surface area contributed by atoms with Crippen LogP contribution in [0, 0.1) is 6.92 Å². The van der Waals surface area contributed by atoms with E-state index in [-0.39, 0.29) is 5.91 Å². The molecule has 1 amide bonds. The molecule has 0 bridgehead atoms. The first-order valence-electron chi connectivity index (χ1n) is 8.52. The quantitative estimate of drug-likeness (QED) is 0.722. The number of nitrogens with one attached hydrogen (secondary N) is 1. The van der Waals surface area contributed by atoms with E-state index in [2.05, 4.69) is 25.1 Å². The molecular weight excluding hydrogens is 350 g/mol. The summed E-state index contributed by atoms with van der Waals surface area (Å²) in [5.41, 5.74) is 1.59. The minimum atomic E-state index is -0.210. The second-order valence-corrected chi connectivity index (χ2v) is 7.14. The average Bonchev–Trinajstić information content (AvgIpc) is 3.36. The molecule has 2 aromatic heterocycles. The molecule has 0 spiro atoms. The number of amides is 1. The lowest BCUT2D eigenvalue weighted by atomic mass is 10.2. The van der Waals surface area contributed by atoms with Crippen molar-refractivity contribution in [1.82, 2.24) is 25.1 Å². The summed E-state index contributed by atoms with van der Waals surface area (Å²) in [6.07, 6.45) is 2.04. The van der Waals surface area contributed by atoms with Gasteiger partial charge in [-0.1, -0.05) is 17.7 Å². The van der Waals surface area contributed by atoms with Crippen molar-refractivity contribution >= 4 is 17.2 Å². The number of hydrogen-bond acceptors (Lipinski definition) is 6. The molecule has 3 aromatic rings. The maximum absolute atomic E-state index is 12.3. The van der Waals surface area contributed by atoms with Crippen molar-refractivity contribution in [2.24, 2.45) is 0 Å². The lowest BCUT2D eigenvalue weighted by Crippen LogP contribution is -2.25. The average molecular weight is 369 g/mol. The number of aryl methyl sites for hydroxylation is 2. The van der Waals surface area contributed by atoms with Crippen molar-refractivity contribution in [2.45, 2.75) is 39.5 Å².